The molecule has 1 aromatic rings. The summed E-state index contributed by atoms with van der Waals surface area (Å²) in [5, 5.41) is 7.62. The number of hydrogen-bond donors (Lipinski definition) is 0. The first kappa shape index (κ1) is 12.4. The summed E-state index contributed by atoms with van der Waals surface area (Å²) >= 11 is 6.70. The van der Waals surface area contributed by atoms with Gasteiger partial charge in [0.05, 0.1) is 0 Å². The van der Waals surface area contributed by atoms with E-state index in [9.17, 15) is 4.79 Å². The monoisotopic (exact) mass is 248 g/mol. The molecule has 0 spiro atoms. The molecule has 0 N–H and O–H groups in total. The Morgan fingerprint density at radius 1 is 1.33 bits per heavy atom. The molecule has 0 aliphatic carbocycles. The highest BCUT2D eigenvalue weighted by molar-refractivity contribution is 7.17. The van der Waals surface area contributed by atoms with E-state index in [4.69, 9.17) is 11.6 Å². The molecule has 0 saturated heterocycles. The Labute approximate surface area is 97.7 Å². The lowest BCUT2D eigenvalue weighted by atomic mass is 10.5. The molecule has 15 heavy (non-hydrogen) atoms. The van der Waals surface area contributed by atoms with Crippen LogP contribution in [0.5, 0.6) is 0 Å². The van der Waals surface area contributed by atoms with Crippen molar-refractivity contribution >= 4 is 28.8 Å². The molecule has 0 aliphatic heterocycles. The van der Waals surface area contributed by atoms with Gasteiger partial charge in [-0.2, -0.15) is 0 Å². The zero-order valence-corrected chi connectivity index (χ0v) is 10.5. The summed E-state index contributed by atoms with van der Waals surface area (Å²) in [6.45, 7) is 1.47. The maximum atomic E-state index is 11.7. The van der Waals surface area contributed by atoms with Gasteiger partial charge in [-0.05, 0) is 25.7 Å². The number of aromatic nitrogens is 2. The van der Waals surface area contributed by atoms with Crippen LogP contribution in [0.4, 0.5) is 0 Å². The third-order valence-corrected chi connectivity index (χ3v) is 2.82. The van der Waals surface area contributed by atoms with Crippen LogP contribution in [0.2, 0.25) is 4.47 Å². The molecular formula is C8H13ClN4OS. The van der Waals surface area contributed by atoms with Crippen molar-refractivity contribution in [1.29, 1.82) is 0 Å². The summed E-state index contributed by atoms with van der Waals surface area (Å²) < 4.78 is 0.291. The maximum Gasteiger partial charge on any atom is 0.284 e. The predicted molar refractivity (Wildman–Crippen MR) is 60.4 cm³/mol. The molecule has 0 bridgehead atoms. The lowest BCUT2D eigenvalue weighted by molar-refractivity contribution is 0.0785. The first-order chi connectivity index (χ1) is 7.00. The van der Waals surface area contributed by atoms with Crippen molar-refractivity contribution in [2.75, 3.05) is 34.2 Å². The second-order valence-corrected chi connectivity index (χ2v) is 4.95. The number of halogens is 1. The topological polar surface area (TPSA) is 49.3 Å². The molecule has 0 atom stereocenters. The average molecular weight is 249 g/mol. The number of amides is 1. The Hall–Kier alpha value is -0.720. The van der Waals surface area contributed by atoms with Gasteiger partial charge < -0.3 is 9.80 Å². The molecule has 1 amide bonds. The fraction of sp³-hybridized carbons (Fsp3) is 0.625. The van der Waals surface area contributed by atoms with Crippen LogP contribution in [0.15, 0.2) is 0 Å². The van der Waals surface area contributed by atoms with Gasteiger partial charge in [0.1, 0.15) is 0 Å². The lowest BCUT2D eigenvalue weighted by Gasteiger charge is -2.18. The maximum absolute atomic E-state index is 11.7. The molecule has 0 fully saturated rings. The Kier molecular flexibility index (Phi) is 4.44. The van der Waals surface area contributed by atoms with E-state index in [1.165, 1.54) is 0 Å². The summed E-state index contributed by atoms with van der Waals surface area (Å²) in [4.78, 5) is 15.3. The normalized spacial score (nSPS) is 10.7. The van der Waals surface area contributed by atoms with E-state index < -0.39 is 0 Å². The first-order valence-electron chi connectivity index (χ1n) is 4.40. The van der Waals surface area contributed by atoms with E-state index in [-0.39, 0.29) is 5.91 Å². The molecule has 7 heteroatoms. The largest absolute Gasteiger partial charge is 0.338 e. The standard InChI is InChI=1S/C8H13ClN4OS/c1-12(2)4-5-13(3)7(14)6-10-11-8(9)15-6/h4-5H2,1-3H3. The van der Waals surface area contributed by atoms with Crippen molar-refractivity contribution in [3.8, 4) is 0 Å². The number of carbonyl (C=O) groups is 1. The smallest absolute Gasteiger partial charge is 0.284 e. The zero-order valence-electron chi connectivity index (χ0n) is 8.90. The highest BCUT2D eigenvalue weighted by atomic mass is 35.5. The number of nitrogens with zero attached hydrogens (tertiary/aromatic N) is 4. The Morgan fingerprint density at radius 2 is 2.00 bits per heavy atom. The van der Waals surface area contributed by atoms with Crippen molar-refractivity contribution < 1.29 is 4.79 Å². The molecule has 1 aromatic heterocycles. The second-order valence-electron chi connectivity index (χ2n) is 3.39. The van der Waals surface area contributed by atoms with Gasteiger partial charge in [-0.1, -0.05) is 11.3 Å². The molecule has 0 aromatic carbocycles. The van der Waals surface area contributed by atoms with Crippen LogP contribution in [0.1, 0.15) is 9.80 Å². The second kappa shape index (κ2) is 5.39. The fourth-order valence-electron chi connectivity index (χ4n) is 0.907. The van der Waals surface area contributed by atoms with Crippen LogP contribution in [-0.4, -0.2) is 60.1 Å². The number of rotatable bonds is 4. The first-order valence-corrected chi connectivity index (χ1v) is 5.59. The minimum Gasteiger partial charge on any atom is -0.338 e. The quantitative estimate of drug-likeness (QED) is 0.792. The van der Waals surface area contributed by atoms with Crippen molar-refractivity contribution in [1.82, 2.24) is 20.0 Å². The van der Waals surface area contributed by atoms with Gasteiger partial charge in [0.15, 0.2) is 0 Å². The van der Waals surface area contributed by atoms with E-state index >= 15 is 0 Å². The highest BCUT2D eigenvalue weighted by Gasteiger charge is 2.16. The SMILES string of the molecule is CN(C)CCN(C)C(=O)c1nnc(Cl)s1. The minimum absolute atomic E-state index is 0.138. The van der Waals surface area contributed by atoms with Crippen LogP contribution in [0.3, 0.4) is 0 Å². The highest BCUT2D eigenvalue weighted by Crippen LogP contribution is 2.15. The van der Waals surface area contributed by atoms with Crippen molar-refractivity contribution in [2.24, 2.45) is 0 Å². The van der Waals surface area contributed by atoms with E-state index in [1.807, 2.05) is 19.0 Å². The Bertz CT molecular complexity index is 341. The van der Waals surface area contributed by atoms with Crippen LogP contribution in [0.25, 0.3) is 0 Å². The van der Waals surface area contributed by atoms with Crippen molar-refractivity contribution in [3.05, 3.63) is 9.47 Å². The molecule has 1 heterocycles. The van der Waals surface area contributed by atoms with E-state index in [0.29, 0.717) is 16.0 Å². The summed E-state index contributed by atoms with van der Waals surface area (Å²) in [5.74, 6) is -0.138. The number of carbonyl (C=O) groups excluding carboxylic acids is 1. The van der Waals surface area contributed by atoms with E-state index in [1.54, 1.807) is 11.9 Å². The van der Waals surface area contributed by atoms with Gasteiger partial charge in [-0.15, -0.1) is 10.2 Å². The zero-order chi connectivity index (χ0) is 11.4. The Balaban J connectivity index is 2.53. The van der Waals surface area contributed by atoms with Gasteiger partial charge in [0, 0.05) is 20.1 Å². The summed E-state index contributed by atoms with van der Waals surface area (Å²) in [6.07, 6.45) is 0. The fourth-order valence-corrected chi connectivity index (χ4v) is 1.73. The summed E-state index contributed by atoms with van der Waals surface area (Å²) in [6, 6.07) is 0. The van der Waals surface area contributed by atoms with Gasteiger partial charge in [0.2, 0.25) is 9.47 Å². The third-order valence-electron chi connectivity index (χ3n) is 1.81. The van der Waals surface area contributed by atoms with Crippen molar-refractivity contribution in [3.63, 3.8) is 0 Å². The van der Waals surface area contributed by atoms with Crippen LogP contribution < -0.4 is 0 Å². The molecule has 5 nitrogen and oxygen atoms in total. The van der Waals surface area contributed by atoms with E-state index in [0.717, 1.165) is 17.9 Å². The summed E-state index contributed by atoms with van der Waals surface area (Å²) in [5.41, 5.74) is 0. The average Bonchev–Trinajstić information content (AvgIpc) is 2.60. The van der Waals surface area contributed by atoms with Crippen LogP contribution in [-0.2, 0) is 0 Å². The lowest BCUT2D eigenvalue weighted by Crippen LogP contribution is -2.33. The Morgan fingerprint density at radius 3 is 2.47 bits per heavy atom. The molecule has 0 unspecified atom stereocenters. The minimum atomic E-state index is -0.138. The molecule has 0 saturated carbocycles. The molecule has 0 aliphatic rings. The van der Waals surface area contributed by atoms with Crippen LogP contribution >= 0.6 is 22.9 Å². The molecule has 0 radical (unpaired) electrons. The summed E-state index contributed by atoms with van der Waals surface area (Å²) in [7, 11) is 5.65. The third kappa shape index (κ3) is 3.73. The van der Waals surface area contributed by atoms with Gasteiger partial charge in [-0.3, -0.25) is 4.79 Å². The van der Waals surface area contributed by atoms with Gasteiger partial charge in [-0.25, -0.2) is 0 Å². The van der Waals surface area contributed by atoms with Gasteiger partial charge in [0.25, 0.3) is 5.91 Å². The number of hydrogen-bond acceptors (Lipinski definition) is 5. The van der Waals surface area contributed by atoms with Crippen molar-refractivity contribution in [2.45, 2.75) is 0 Å². The van der Waals surface area contributed by atoms with Crippen LogP contribution in [0, 0.1) is 0 Å². The van der Waals surface area contributed by atoms with E-state index in [2.05, 4.69) is 10.2 Å². The molecule has 1 rings (SSSR count). The molecular weight excluding hydrogens is 236 g/mol. The van der Waals surface area contributed by atoms with Gasteiger partial charge >= 0.3 is 0 Å². The number of likely N-dealkylation sites (N-methyl/N-ethyl adjacent to an activating group) is 2. The molecule has 84 valence electrons. The predicted octanol–water partition coefficient (Wildman–Crippen LogP) is 0.825.